The number of esters is 1. The number of carbonyl (C=O) groups excluding carboxylic acids is 1. The average Bonchev–Trinajstić information content (AvgIpc) is 2.58. The molecule has 25 heavy (non-hydrogen) atoms. The van der Waals surface area contributed by atoms with Crippen LogP contribution in [-0.4, -0.2) is 53.9 Å². The third-order valence-electron chi connectivity index (χ3n) is 3.98. The zero-order valence-electron chi connectivity index (χ0n) is 13.8. The number of ether oxygens (including phenoxy) is 1. The van der Waals surface area contributed by atoms with Crippen molar-refractivity contribution in [2.75, 3.05) is 26.7 Å². The molecular weight excluding hydrogens is 362 g/mol. The Morgan fingerprint density at radius 3 is 2.80 bits per heavy atom. The molecule has 0 radical (unpaired) electrons. The topological polar surface area (TPSA) is 66.8 Å². The second kappa shape index (κ2) is 9.08. The monoisotopic (exact) mass is 381 g/mol. The van der Waals surface area contributed by atoms with Crippen molar-refractivity contribution >= 4 is 41.7 Å². The van der Waals surface area contributed by atoms with Crippen molar-refractivity contribution in [3.63, 3.8) is 0 Å². The fourth-order valence-electron chi connectivity index (χ4n) is 2.70. The van der Waals surface area contributed by atoms with Gasteiger partial charge in [-0.3, -0.25) is 4.90 Å². The number of carboxylic acids is 1. The molecule has 0 spiro atoms. The van der Waals surface area contributed by atoms with Gasteiger partial charge in [-0.25, -0.2) is 9.59 Å². The molecule has 1 fully saturated rings. The third kappa shape index (κ3) is 5.36. The summed E-state index contributed by atoms with van der Waals surface area (Å²) in [7, 11) is 1.33. The molecule has 1 aliphatic heterocycles. The van der Waals surface area contributed by atoms with Crippen LogP contribution in [-0.2, 0) is 14.3 Å². The summed E-state index contributed by atoms with van der Waals surface area (Å²) in [6.07, 6.45) is 3.73. The molecule has 0 aromatic heterocycles. The van der Waals surface area contributed by atoms with Gasteiger partial charge in [0.2, 0.25) is 0 Å². The molecule has 134 valence electrons. The van der Waals surface area contributed by atoms with E-state index in [1.54, 1.807) is 30.3 Å². The molecule has 1 aromatic carbocycles. The summed E-state index contributed by atoms with van der Waals surface area (Å²) in [6.45, 7) is 1.74. The summed E-state index contributed by atoms with van der Waals surface area (Å²) in [5.41, 5.74) is 1.76. The number of rotatable bonds is 5. The Balaban J connectivity index is 2.20. The number of aliphatic carboxylic acids is 1. The smallest absolute Gasteiger partial charge is 0.338 e. The van der Waals surface area contributed by atoms with Gasteiger partial charge in [0.05, 0.1) is 12.7 Å². The van der Waals surface area contributed by atoms with E-state index >= 15 is 0 Å². The van der Waals surface area contributed by atoms with Gasteiger partial charge in [-0.1, -0.05) is 35.9 Å². The van der Waals surface area contributed by atoms with Gasteiger partial charge in [-0.2, -0.15) is 12.6 Å². The zero-order chi connectivity index (χ0) is 18.4. The highest BCUT2D eigenvalue weighted by atomic mass is 35.5. The number of hydrogen-bond donors (Lipinski definition) is 2. The van der Waals surface area contributed by atoms with Crippen LogP contribution in [0.25, 0.3) is 5.57 Å². The van der Waals surface area contributed by atoms with Crippen molar-refractivity contribution in [3.05, 3.63) is 52.6 Å². The summed E-state index contributed by atoms with van der Waals surface area (Å²) in [5, 5.41) is 9.37. The highest BCUT2D eigenvalue weighted by Gasteiger charge is 2.22. The minimum Gasteiger partial charge on any atom is -0.478 e. The van der Waals surface area contributed by atoms with E-state index in [0.717, 1.165) is 18.5 Å². The maximum Gasteiger partial charge on any atom is 0.338 e. The van der Waals surface area contributed by atoms with Crippen LogP contribution in [0.2, 0.25) is 5.02 Å². The number of benzene rings is 1. The fourth-order valence-corrected chi connectivity index (χ4v) is 3.21. The minimum absolute atomic E-state index is 0.0556. The van der Waals surface area contributed by atoms with E-state index < -0.39 is 11.9 Å². The van der Waals surface area contributed by atoms with E-state index in [1.807, 2.05) is 0 Å². The van der Waals surface area contributed by atoms with Crippen molar-refractivity contribution in [2.45, 2.75) is 11.7 Å². The maximum atomic E-state index is 12.1. The van der Waals surface area contributed by atoms with Gasteiger partial charge in [0.25, 0.3) is 0 Å². The molecule has 1 saturated heterocycles. The third-order valence-corrected chi connectivity index (χ3v) is 4.90. The number of hydrogen-bond acceptors (Lipinski definition) is 5. The lowest BCUT2D eigenvalue weighted by Crippen LogP contribution is -2.36. The molecule has 0 unspecified atom stereocenters. The SMILES string of the molecule is COC(=O)/C(=C\CN1CC[C@H](S)/C(=C\C(=O)O)C1)c1ccccc1Cl. The Bertz CT molecular complexity index is 717. The molecule has 0 saturated carbocycles. The standard InChI is InChI=1S/C18H20ClNO4S/c1-24-18(23)14(13-4-2-3-5-15(13)19)6-8-20-9-7-16(25)12(11-20)10-17(21)22/h2-6,10,16,25H,7-9,11H2,1H3,(H,21,22)/b12-10-,14-6-/t16-/m0/s1. The van der Waals surface area contributed by atoms with Crippen LogP contribution in [0.4, 0.5) is 0 Å². The van der Waals surface area contributed by atoms with Gasteiger partial charge in [0.15, 0.2) is 0 Å². The molecule has 1 aromatic rings. The number of thiol groups is 1. The van der Waals surface area contributed by atoms with Crippen molar-refractivity contribution in [1.29, 1.82) is 0 Å². The summed E-state index contributed by atoms with van der Waals surface area (Å²) in [5.74, 6) is -1.43. The molecule has 0 bridgehead atoms. The molecule has 1 heterocycles. The first-order chi connectivity index (χ1) is 11.9. The van der Waals surface area contributed by atoms with Gasteiger partial charge in [-0.15, -0.1) is 0 Å². The van der Waals surface area contributed by atoms with Crippen molar-refractivity contribution in [1.82, 2.24) is 4.90 Å². The minimum atomic E-state index is -0.974. The molecule has 5 nitrogen and oxygen atoms in total. The van der Waals surface area contributed by atoms with Crippen LogP contribution < -0.4 is 0 Å². The number of methoxy groups -OCH3 is 1. The predicted octanol–water partition coefficient (Wildman–Crippen LogP) is 2.91. The first-order valence-corrected chi connectivity index (χ1v) is 8.69. The lowest BCUT2D eigenvalue weighted by Gasteiger charge is -2.31. The van der Waals surface area contributed by atoms with Crippen molar-refractivity contribution in [2.24, 2.45) is 0 Å². The van der Waals surface area contributed by atoms with Crippen LogP contribution in [0.1, 0.15) is 12.0 Å². The molecule has 2 rings (SSSR count). The molecule has 7 heteroatoms. The quantitative estimate of drug-likeness (QED) is 0.466. The summed E-state index contributed by atoms with van der Waals surface area (Å²) < 4.78 is 4.87. The first-order valence-electron chi connectivity index (χ1n) is 7.79. The normalized spacial score (nSPS) is 20.5. The fraction of sp³-hybridized carbons (Fsp3) is 0.333. The number of halogens is 1. The number of piperidine rings is 1. The van der Waals surface area contributed by atoms with E-state index in [9.17, 15) is 9.59 Å². The molecule has 1 N–H and O–H groups in total. The summed E-state index contributed by atoms with van der Waals surface area (Å²) >= 11 is 10.6. The Morgan fingerprint density at radius 2 is 2.16 bits per heavy atom. The second-order valence-corrected chi connectivity index (χ2v) is 6.72. The predicted molar refractivity (Wildman–Crippen MR) is 101 cm³/mol. The molecular formula is C18H20ClNO4S. The number of nitrogens with zero attached hydrogens (tertiary/aromatic N) is 1. The highest BCUT2D eigenvalue weighted by molar-refractivity contribution is 7.81. The maximum absolute atomic E-state index is 12.1. The van der Waals surface area contributed by atoms with Gasteiger partial charge in [0.1, 0.15) is 0 Å². The molecule has 0 amide bonds. The number of likely N-dealkylation sites (tertiary alicyclic amines) is 1. The number of carbonyl (C=O) groups is 2. The summed E-state index contributed by atoms with van der Waals surface area (Å²) in [4.78, 5) is 25.1. The molecule has 0 aliphatic carbocycles. The lowest BCUT2D eigenvalue weighted by molar-refractivity contribution is -0.134. The van der Waals surface area contributed by atoms with Crippen LogP contribution >= 0.6 is 24.2 Å². The van der Waals surface area contributed by atoms with E-state index in [2.05, 4.69) is 17.5 Å². The van der Waals surface area contributed by atoms with E-state index in [1.165, 1.54) is 13.2 Å². The lowest BCUT2D eigenvalue weighted by atomic mass is 10.0. The van der Waals surface area contributed by atoms with Gasteiger partial charge in [0, 0.05) is 41.5 Å². The van der Waals surface area contributed by atoms with Gasteiger partial charge >= 0.3 is 11.9 Å². The van der Waals surface area contributed by atoms with Crippen molar-refractivity contribution < 1.29 is 19.4 Å². The van der Waals surface area contributed by atoms with Crippen LogP contribution in [0.5, 0.6) is 0 Å². The van der Waals surface area contributed by atoms with Crippen LogP contribution in [0.15, 0.2) is 42.0 Å². The average molecular weight is 382 g/mol. The van der Waals surface area contributed by atoms with Gasteiger partial charge < -0.3 is 9.84 Å². The molecule has 1 atom stereocenters. The number of carboxylic acid groups (broad SMARTS) is 1. The van der Waals surface area contributed by atoms with Crippen molar-refractivity contribution in [3.8, 4) is 0 Å². The Labute approximate surface area is 157 Å². The van der Waals surface area contributed by atoms with E-state index in [4.69, 9.17) is 21.4 Å². The summed E-state index contributed by atoms with van der Waals surface area (Å²) in [6, 6.07) is 7.08. The van der Waals surface area contributed by atoms with E-state index in [-0.39, 0.29) is 5.25 Å². The van der Waals surface area contributed by atoms with Gasteiger partial charge in [-0.05, 0) is 18.1 Å². The largest absolute Gasteiger partial charge is 0.478 e. The zero-order valence-corrected chi connectivity index (χ0v) is 15.5. The van der Waals surface area contributed by atoms with Crippen LogP contribution in [0, 0.1) is 0 Å². The first kappa shape index (κ1) is 19.6. The highest BCUT2D eigenvalue weighted by Crippen LogP contribution is 2.26. The molecule has 1 aliphatic rings. The Kier molecular flexibility index (Phi) is 7.11. The van der Waals surface area contributed by atoms with Crippen LogP contribution in [0.3, 0.4) is 0 Å². The Morgan fingerprint density at radius 1 is 1.44 bits per heavy atom. The Hall–Kier alpha value is -1.76. The second-order valence-electron chi connectivity index (χ2n) is 5.69. The van der Waals surface area contributed by atoms with E-state index in [0.29, 0.717) is 29.2 Å².